The van der Waals surface area contributed by atoms with Crippen molar-refractivity contribution in [3.05, 3.63) is 64.5 Å². The van der Waals surface area contributed by atoms with Crippen molar-refractivity contribution in [2.45, 2.75) is 20.3 Å². The van der Waals surface area contributed by atoms with Gasteiger partial charge in [0.2, 0.25) is 5.91 Å². The molecule has 0 aliphatic heterocycles. The predicted octanol–water partition coefficient (Wildman–Crippen LogP) is 5.10. The summed E-state index contributed by atoms with van der Waals surface area (Å²) < 4.78 is 15.8. The van der Waals surface area contributed by atoms with Crippen LogP contribution in [0.3, 0.4) is 0 Å². The van der Waals surface area contributed by atoms with Crippen molar-refractivity contribution in [1.82, 2.24) is 0 Å². The first kappa shape index (κ1) is 22.4. The molecule has 1 heterocycles. The molecule has 3 aromatic rings. The van der Waals surface area contributed by atoms with Crippen molar-refractivity contribution in [2.24, 2.45) is 0 Å². The lowest BCUT2D eigenvalue weighted by atomic mass is 10.0. The number of aryl methyl sites for hydroxylation is 1. The molecule has 0 aliphatic carbocycles. The van der Waals surface area contributed by atoms with E-state index in [1.165, 1.54) is 11.3 Å². The van der Waals surface area contributed by atoms with Crippen LogP contribution in [0.15, 0.2) is 47.8 Å². The monoisotopic (exact) mass is 439 g/mol. The Labute approximate surface area is 185 Å². The highest BCUT2D eigenvalue weighted by atomic mass is 32.1. The Balaban J connectivity index is 1.88. The van der Waals surface area contributed by atoms with Crippen LogP contribution in [0.25, 0.3) is 11.1 Å². The number of carbonyl (C=O) groups excluding carboxylic acids is 2. The third-order valence-electron chi connectivity index (χ3n) is 4.73. The Hall–Kier alpha value is -3.32. The minimum absolute atomic E-state index is 0.0905. The summed E-state index contributed by atoms with van der Waals surface area (Å²) in [6, 6.07) is 13.2. The maximum absolute atomic E-state index is 12.8. The first-order chi connectivity index (χ1) is 15.0. The number of nitrogens with one attached hydrogen (secondary N) is 1. The summed E-state index contributed by atoms with van der Waals surface area (Å²) in [5.74, 6) is 0.487. The lowest BCUT2D eigenvalue weighted by Crippen LogP contribution is -2.17. The topological polar surface area (TPSA) is 73.9 Å². The summed E-state index contributed by atoms with van der Waals surface area (Å²) in [4.78, 5) is 25.5. The van der Waals surface area contributed by atoms with Gasteiger partial charge in [-0.15, -0.1) is 11.3 Å². The fraction of sp³-hybridized carbons (Fsp3) is 0.250. The van der Waals surface area contributed by atoms with Crippen molar-refractivity contribution in [1.29, 1.82) is 0 Å². The van der Waals surface area contributed by atoms with Crippen LogP contribution >= 0.6 is 11.3 Å². The fourth-order valence-corrected chi connectivity index (χ4v) is 4.12. The number of ether oxygens (including phenoxy) is 3. The number of anilines is 1. The zero-order chi connectivity index (χ0) is 22.4. The Morgan fingerprint density at radius 1 is 1.03 bits per heavy atom. The van der Waals surface area contributed by atoms with Gasteiger partial charge in [0, 0.05) is 22.6 Å². The summed E-state index contributed by atoms with van der Waals surface area (Å²) in [5, 5.41) is 5.20. The second-order valence-electron chi connectivity index (χ2n) is 6.84. The van der Waals surface area contributed by atoms with E-state index in [1.54, 1.807) is 39.3 Å². The maximum Gasteiger partial charge on any atom is 0.341 e. The zero-order valence-electron chi connectivity index (χ0n) is 18.0. The molecule has 1 amide bonds. The number of methoxy groups -OCH3 is 2. The summed E-state index contributed by atoms with van der Waals surface area (Å²) in [5.41, 5.74) is 3.83. The lowest BCUT2D eigenvalue weighted by Gasteiger charge is -2.11. The van der Waals surface area contributed by atoms with Gasteiger partial charge in [-0.3, -0.25) is 4.79 Å². The number of esters is 1. The Morgan fingerprint density at radius 2 is 1.77 bits per heavy atom. The standard InChI is InChI=1S/C24H25NO5S/c1-5-30-24(27)22-19(16-8-6-15(2)7-9-16)14-31-23(22)25-21(26)12-17-10-11-18(28-3)13-20(17)29-4/h6-11,13-14H,5,12H2,1-4H3,(H,25,26). The van der Waals surface area contributed by atoms with Gasteiger partial charge in [-0.25, -0.2) is 4.79 Å². The second-order valence-corrected chi connectivity index (χ2v) is 7.72. The van der Waals surface area contributed by atoms with Gasteiger partial charge in [-0.1, -0.05) is 35.9 Å². The third-order valence-corrected chi connectivity index (χ3v) is 5.63. The zero-order valence-corrected chi connectivity index (χ0v) is 18.8. The van der Waals surface area contributed by atoms with Gasteiger partial charge in [0.25, 0.3) is 0 Å². The molecular formula is C24H25NO5S. The minimum Gasteiger partial charge on any atom is -0.497 e. The van der Waals surface area contributed by atoms with Gasteiger partial charge in [0.15, 0.2) is 0 Å². The molecule has 0 saturated carbocycles. The average molecular weight is 440 g/mol. The van der Waals surface area contributed by atoms with E-state index in [0.29, 0.717) is 27.6 Å². The molecule has 0 bridgehead atoms. The molecular weight excluding hydrogens is 414 g/mol. The summed E-state index contributed by atoms with van der Waals surface area (Å²) in [6.45, 7) is 4.01. The van der Waals surface area contributed by atoms with Crippen LogP contribution in [-0.4, -0.2) is 32.7 Å². The van der Waals surface area contributed by atoms with Crippen molar-refractivity contribution >= 4 is 28.2 Å². The van der Waals surface area contributed by atoms with Crippen molar-refractivity contribution < 1.29 is 23.8 Å². The molecule has 31 heavy (non-hydrogen) atoms. The van der Waals surface area contributed by atoms with Crippen LogP contribution in [-0.2, 0) is 16.0 Å². The van der Waals surface area contributed by atoms with E-state index >= 15 is 0 Å². The molecule has 7 heteroatoms. The highest BCUT2D eigenvalue weighted by Gasteiger charge is 2.23. The first-order valence-corrected chi connectivity index (χ1v) is 10.7. The van der Waals surface area contributed by atoms with Gasteiger partial charge in [0.1, 0.15) is 22.1 Å². The van der Waals surface area contributed by atoms with E-state index in [1.807, 2.05) is 36.6 Å². The third kappa shape index (κ3) is 5.24. The largest absolute Gasteiger partial charge is 0.497 e. The summed E-state index contributed by atoms with van der Waals surface area (Å²) in [6.07, 6.45) is 0.0905. The molecule has 0 spiro atoms. The lowest BCUT2D eigenvalue weighted by molar-refractivity contribution is -0.115. The normalized spacial score (nSPS) is 10.5. The predicted molar refractivity (Wildman–Crippen MR) is 122 cm³/mol. The molecule has 0 saturated heterocycles. The van der Waals surface area contributed by atoms with Crippen LogP contribution in [0.2, 0.25) is 0 Å². The van der Waals surface area contributed by atoms with Gasteiger partial charge in [-0.05, 0) is 25.5 Å². The molecule has 162 valence electrons. The van der Waals surface area contributed by atoms with E-state index in [0.717, 1.165) is 16.7 Å². The van der Waals surface area contributed by atoms with E-state index in [9.17, 15) is 9.59 Å². The fourth-order valence-electron chi connectivity index (χ4n) is 3.14. The molecule has 2 aromatic carbocycles. The van der Waals surface area contributed by atoms with E-state index < -0.39 is 5.97 Å². The van der Waals surface area contributed by atoms with E-state index in [4.69, 9.17) is 14.2 Å². The number of amides is 1. The minimum atomic E-state index is -0.461. The van der Waals surface area contributed by atoms with Crippen LogP contribution in [0.1, 0.15) is 28.4 Å². The summed E-state index contributed by atoms with van der Waals surface area (Å²) in [7, 11) is 3.11. The Kier molecular flexibility index (Phi) is 7.31. The Morgan fingerprint density at radius 3 is 2.42 bits per heavy atom. The van der Waals surface area contributed by atoms with E-state index in [-0.39, 0.29) is 18.9 Å². The quantitative estimate of drug-likeness (QED) is 0.495. The van der Waals surface area contributed by atoms with Crippen LogP contribution in [0.5, 0.6) is 11.5 Å². The number of hydrogen-bond acceptors (Lipinski definition) is 6. The highest BCUT2D eigenvalue weighted by molar-refractivity contribution is 7.15. The van der Waals surface area contributed by atoms with Gasteiger partial charge in [0.05, 0.1) is 27.2 Å². The molecule has 0 unspecified atom stereocenters. The number of rotatable bonds is 8. The van der Waals surface area contributed by atoms with Gasteiger partial charge < -0.3 is 19.5 Å². The molecule has 3 rings (SSSR count). The first-order valence-electron chi connectivity index (χ1n) is 9.83. The number of hydrogen-bond donors (Lipinski definition) is 1. The number of thiophene rings is 1. The maximum atomic E-state index is 12.8. The van der Waals surface area contributed by atoms with Crippen molar-refractivity contribution in [3.8, 4) is 22.6 Å². The molecule has 0 aliphatic rings. The number of carbonyl (C=O) groups is 2. The Bertz CT molecular complexity index is 1070. The van der Waals surface area contributed by atoms with E-state index in [2.05, 4.69) is 5.32 Å². The second kappa shape index (κ2) is 10.1. The average Bonchev–Trinajstić information content (AvgIpc) is 3.18. The molecule has 6 nitrogen and oxygen atoms in total. The van der Waals surface area contributed by atoms with Crippen molar-refractivity contribution in [3.63, 3.8) is 0 Å². The molecule has 0 atom stereocenters. The molecule has 0 fully saturated rings. The van der Waals surface area contributed by atoms with Crippen LogP contribution < -0.4 is 14.8 Å². The van der Waals surface area contributed by atoms with Gasteiger partial charge in [-0.2, -0.15) is 0 Å². The smallest absolute Gasteiger partial charge is 0.341 e. The molecule has 0 radical (unpaired) electrons. The van der Waals surface area contributed by atoms with Crippen LogP contribution in [0.4, 0.5) is 5.00 Å². The van der Waals surface area contributed by atoms with Gasteiger partial charge >= 0.3 is 5.97 Å². The van der Waals surface area contributed by atoms with Crippen LogP contribution in [0, 0.1) is 6.92 Å². The van der Waals surface area contributed by atoms with Crippen molar-refractivity contribution in [2.75, 3.05) is 26.1 Å². The SMILES string of the molecule is CCOC(=O)c1c(-c2ccc(C)cc2)csc1NC(=O)Cc1ccc(OC)cc1OC. The highest BCUT2D eigenvalue weighted by Crippen LogP contribution is 2.36. The number of benzene rings is 2. The summed E-state index contributed by atoms with van der Waals surface area (Å²) >= 11 is 1.30. The molecule has 1 aromatic heterocycles. The molecule has 1 N–H and O–H groups in total.